The van der Waals surface area contributed by atoms with E-state index in [1.54, 1.807) is 0 Å². The summed E-state index contributed by atoms with van der Waals surface area (Å²) in [5, 5.41) is 3.46. The number of rotatable bonds is 6. The van der Waals surface area contributed by atoms with Crippen molar-refractivity contribution in [2.75, 3.05) is 13.2 Å². The molecular weight excluding hydrogens is 264 g/mol. The summed E-state index contributed by atoms with van der Waals surface area (Å²) in [6, 6.07) is 7.95. The van der Waals surface area contributed by atoms with Gasteiger partial charge in [0, 0.05) is 6.54 Å². The second-order valence-corrected chi connectivity index (χ2v) is 5.83. The normalized spacial score (nSPS) is 22.1. The zero-order valence-corrected chi connectivity index (χ0v) is 13.4. The van der Waals surface area contributed by atoms with E-state index in [0.29, 0.717) is 12.5 Å². The summed E-state index contributed by atoms with van der Waals surface area (Å²) < 4.78 is 5.61. The molecule has 0 aliphatic carbocycles. The number of ether oxygens (including phenoxy) is 1. The molecule has 0 saturated carbocycles. The van der Waals surface area contributed by atoms with Crippen molar-refractivity contribution in [1.29, 1.82) is 0 Å². The van der Waals surface area contributed by atoms with Crippen LogP contribution in [0, 0.1) is 5.92 Å². The number of likely N-dealkylation sites (N-methyl/N-ethyl adjacent to an activating group) is 1. The third kappa shape index (κ3) is 3.38. The van der Waals surface area contributed by atoms with Gasteiger partial charge in [0.1, 0.15) is 11.9 Å². The summed E-state index contributed by atoms with van der Waals surface area (Å²) in [6.07, 6.45) is 0.968. The fraction of sp³-hybridized carbons (Fsp3) is 0.588. The van der Waals surface area contributed by atoms with Crippen LogP contribution < -0.4 is 10.1 Å². The van der Waals surface area contributed by atoms with Crippen molar-refractivity contribution in [2.24, 2.45) is 5.92 Å². The van der Waals surface area contributed by atoms with Crippen LogP contribution in [0.2, 0.25) is 0 Å². The molecule has 1 aromatic rings. The van der Waals surface area contributed by atoms with Crippen LogP contribution in [-0.4, -0.2) is 30.0 Å². The smallest absolute Gasteiger partial charge is 0.241 e. The largest absolute Gasteiger partial charge is 0.494 e. The maximum Gasteiger partial charge on any atom is 0.241 e. The molecule has 1 N–H and O–H groups in total. The van der Waals surface area contributed by atoms with E-state index in [4.69, 9.17) is 4.74 Å². The Morgan fingerprint density at radius 1 is 1.24 bits per heavy atom. The molecule has 2 rings (SSSR count). The summed E-state index contributed by atoms with van der Waals surface area (Å²) in [4.78, 5) is 14.3. The van der Waals surface area contributed by atoms with E-state index in [0.717, 1.165) is 24.3 Å². The Labute approximate surface area is 127 Å². The van der Waals surface area contributed by atoms with Gasteiger partial charge in [-0.2, -0.15) is 0 Å². The Bertz CT molecular complexity index is 470. The van der Waals surface area contributed by atoms with Crippen molar-refractivity contribution in [3.63, 3.8) is 0 Å². The van der Waals surface area contributed by atoms with Gasteiger partial charge in [-0.05, 0) is 37.0 Å². The average molecular weight is 290 g/mol. The van der Waals surface area contributed by atoms with Crippen LogP contribution in [0.3, 0.4) is 0 Å². The van der Waals surface area contributed by atoms with Crippen LogP contribution >= 0.6 is 0 Å². The van der Waals surface area contributed by atoms with E-state index in [-0.39, 0.29) is 18.1 Å². The molecule has 1 saturated heterocycles. The molecular formula is C17H26N2O2. The molecule has 2 atom stereocenters. The molecule has 1 fully saturated rings. The minimum Gasteiger partial charge on any atom is -0.494 e. The molecule has 0 radical (unpaired) electrons. The predicted octanol–water partition coefficient (Wildman–Crippen LogP) is 2.95. The lowest BCUT2D eigenvalue weighted by Crippen LogP contribution is -2.34. The lowest BCUT2D eigenvalue weighted by atomic mass is 10.1. The Hall–Kier alpha value is -1.55. The zero-order chi connectivity index (χ0) is 15.4. The van der Waals surface area contributed by atoms with Crippen molar-refractivity contribution in [1.82, 2.24) is 10.2 Å². The van der Waals surface area contributed by atoms with Crippen molar-refractivity contribution in [2.45, 2.75) is 46.3 Å². The van der Waals surface area contributed by atoms with Gasteiger partial charge in [0.25, 0.3) is 0 Å². The number of nitrogens with zero attached hydrogens (tertiary/aromatic N) is 1. The summed E-state index contributed by atoms with van der Waals surface area (Å²) in [6.45, 7) is 9.71. The van der Waals surface area contributed by atoms with Gasteiger partial charge in [-0.25, -0.2) is 0 Å². The third-order valence-electron chi connectivity index (χ3n) is 3.87. The minimum atomic E-state index is -0.0917. The van der Waals surface area contributed by atoms with Crippen LogP contribution in [0.4, 0.5) is 0 Å². The molecule has 1 aliphatic rings. The van der Waals surface area contributed by atoms with Crippen LogP contribution in [-0.2, 0) is 4.79 Å². The highest BCUT2D eigenvalue weighted by atomic mass is 16.5. The number of nitrogens with one attached hydrogen (secondary N) is 1. The molecule has 0 spiro atoms. The molecule has 4 nitrogen and oxygen atoms in total. The van der Waals surface area contributed by atoms with Gasteiger partial charge in [0.2, 0.25) is 5.91 Å². The summed E-state index contributed by atoms with van der Waals surface area (Å²) in [7, 11) is 0. The van der Waals surface area contributed by atoms with Gasteiger partial charge < -0.3 is 9.64 Å². The molecule has 1 amide bonds. The number of hydrogen-bond donors (Lipinski definition) is 1. The van der Waals surface area contributed by atoms with E-state index in [1.165, 1.54) is 0 Å². The SMILES string of the molecule is CCCOc1ccc(C2NC(C(C)C)C(=O)N2CC)cc1. The lowest BCUT2D eigenvalue weighted by Gasteiger charge is -2.23. The maximum atomic E-state index is 12.4. The van der Waals surface area contributed by atoms with Gasteiger partial charge in [-0.15, -0.1) is 0 Å². The Morgan fingerprint density at radius 2 is 1.90 bits per heavy atom. The summed E-state index contributed by atoms with van der Waals surface area (Å²) in [5.74, 6) is 1.38. The highest BCUT2D eigenvalue weighted by Crippen LogP contribution is 2.28. The molecule has 4 heteroatoms. The molecule has 1 aliphatic heterocycles. The van der Waals surface area contributed by atoms with E-state index < -0.39 is 0 Å². The third-order valence-corrected chi connectivity index (χ3v) is 3.87. The lowest BCUT2D eigenvalue weighted by molar-refractivity contribution is -0.130. The predicted molar refractivity (Wildman–Crippen MR) is 84.1 cm³/mol. The monoisotopic (exact) mass is 290 g/mol. The number of amides is 1. The van der Waals surface area contributed by atoms with Crippen molar-refractivity contribution < 1.29 is 9.53 Å². The van der Waals surface area contributed by atoms with Crippen molar-refractivity contribution in [3.8, 4) is 5.75 Å². The van der Waals surface area contributed by atoms with Gasteiger partial charge in [0.15, 0.2) is 0 Å². The van der Waals surface area contributed by atoms with Crippen molar-refractivity contribution in [3.05, 3.63) is 29.8 Å². The summed E-state index contributed by atoms with van der Waals surface area (Å²) in [5.41, 5.74) is 1.11. The van der Waals surface area contributed by atoms with Gasteiger partial charge in [0.05, 0.1) is 12.6 Å². The second kappa shape index (κ2) is 6.94. The summed E-state index contributed by atoms with van der Waals surface area (Å²) >= 11 is 0. The van der Waals surface area contributed by atoms with Crippen molar-refractivity contribution >= 4 is 5.91 Å². The van der Waals surface area contributed by atoms with E-state index in [1.807, 2.05) is 36.1 Å². The first kappa shape index (κ1) is 15.8. The van der Waals surface area contributed by atoms with Crippen LogP contribution in [0.25, 0.3) is 0 Å². The fourth-order valence-electron chi connectivity index (χ4n) is 2.70. The van der Waals surface area contributed by atoms with Crippen LogP contribution in [0.15, 0.2) is 24.3 Å². The van der Waals surface area contributed by atoms with Crippen LogP contribution in [0.5, 0.6) is 5.75 Å². The molecule has 1 aromatic carbocycles. The van der Waals surface area contributed by atoms with E-state index in [2.05, 4.69) is 26.1 Å². The number of benzene rings is 1. The first-order chi connectivity index (χ1) is 10.1. The first-order valence-corrected chi connectivity index (χ1v) is 7.87. The second-order valence-electron chi connectivity index (χ2n) is 5.83. The van der Waals surface area contributed by atoms with Gasteiger partial charge in [-0.1, -0.05) is 32.9 Å². The molecule has 1 heterocycles. The Morgan fingerprint density at radius 3 is 2.43 bits per heavy atom. The Kier molecular flexibility index (Phi) is 5.23. The standard InChI is InChI=1S/C17H26N2O2/c1-5-11-21-14-9-7-13(8-10-14)16-18-15(12(3)4)17(20)19(16)6-2/h7-10,12,15-16,18H,5-6,11H2,1-4H3. The molecule has 2 unspecified atom stereocenters. The topological polar surface area (TPSA) is 41.6 Å². The van der Waals surface area contributed by atoms with E-state index in [9.17, 15) is 4.79 Å². The maximum absolute atomic E-state index is 12.4. The highest BCUT2D eigenvalue weighted by molar-refractivity contribution is 5.84. The van der Waals surface area contributed by atoms with Gasteiger partial charge >= 0.3 is 0 Å². The Balaban J connectivity index is 2.14. The minimum absolute atomic E-state index is 0.0323. The zero-order valence-electron chi connectivity index (χ0n) is 13.4. The molecule has 116 valence electrons. The quantitative estimate of drug-likeness (QED) is 0.876. The first-order valence-electron chi connectivity index (χ1n) is 7.87. The molecule has 0 bridgehead atoms. The van der Waals surface area contributed by atoms with E-state index >= 15 is 0 Å². The highest BCUT2D eigenvalue weighted by Gasteiger charge is 2.39. The average Bonchev–Trinajstić information content (AvgIpc) is 2.82. The molecule has 21 heavy (non-hydrogen) atoms. The number of carbonyl (C=O) groups is 1. The number of hydrogen-bond acceptors (Lipinski definition) is 3. The fourth-order valence-corrected chi connectivity index (χ4v) is 2.70. The van der Waals surface area contributed by atoms with Crippen LogP contribution in [0.1, 0.15) is 45.8 Å². The van der Waals surface area contributed by atoms with Gasteiger partial charge in [-0.3, -0.25) is 10.1 Å². The number of carbonyl (C=O) groups excluding carboxylic acids is 1. The molecule has 0 aromatic heterocycles.